The predicted molar refractivity (Wildman–Crippen MR) is 52.3 cm³/mol. The number of rotatable bonds is 1. The predicted octanol–water partition coefficient (Wildman–Crippen LogP) is 1.50. The summed E-state index contributed by atoms with van der Waals surface area (Å²) in [4.78, 5) is 1.42. The molecule has 2 heterocycles. The van der Waals surface area contributed by atoms with Crippen LogP contribution in [0.5, 0.6) is 0 Å². The first-order chi connectivity index (χ1) is 5.86. The van der Waals surface area contributed by atoms with Crippen molar-refractivity contribution in [1.29, 1.82) is 0 Å². The molecule has 0 amide bonds. The molecule has 0 aromatic carbocycles. The van der Waals surface area contributed by atoms with Gasteiger partial charge in [-0.15, -0.1) is 11.3 Å². The molecule has 1 saturated heterocycles. The van der Waals surface area contributed by atoms with Gasteiger partial charge in [-0.1, -0.05) is 6.07 Å². The van der Waals surface area contributed by atoms with Gasteiger partial charge in [0.15, 0.2) is 0 Å². The van der Waals surface area contributed by atoms with Gasteiger partial charge in [0.25, 0.3) is 0 Å². The van der Waals surface area contributed by atoms with Crippen LogP contribution in [0.15, 0.2) is 17.5 Å². The van der Waals surface area contributed by atoms with E-state index in [0.717, 1.165) is 19.4 Å². The largest absolute Gasteiger partial charge is 0.328 e. The van der Waals surface area contributed by atoms with Crippen molar-refractivity contribution in [2.24, 2.45) is 5.73 Å². The molecule has 12 heavy (non-hydrogen) atoms. The Kier molecular flexibility index (Phi) is 2.44. The Morgan fingerprint density at radius 3 is 3.17 bits per heavy atom. The van der Waals surface area contributed by atoms with E-state index in [0.29, 0.717) is 12.1 Å². The van der Waals surface area contributed by atoms with E-state index in [1.807, 2.05) is 11.3 Å². The zero-order chi connectivity index (χ0) is 8.39. The van der Waals surface area contributed by atoms with E-state index in [1.165, 1.54) is 4.88 Å². The maximum Gasteiger partial charge on any atom is 0.0429 e. The summed E-state index contributed by atoms with van der Waals surface area (Å²) >= 11 is 1.81. The lowest BCUT2D eigenvalue weighted by molar-refractivity contribution is 0.373. The summed E-state index contributed by atoms with van der Waals surface area (Å²) in [6.45, 7) is 1.06. The van der Waals surface area contributed by atoms with E-state index in [-0.39, 0.29) is 0 Å². The number of hydrogen-bond donors (Lipinski definition) is 2. The fraction of sp³-hybridized carbons (Fsp3) is 0.556. The molecule has 3 heteroatoms. The van der Waals surface area contributed by atoms with Crippen LogP contribution in [0.4, 0.5) is 0 Å². The topological polar surface area (TPSA) is 38.0 Å². The molecule has 3 N–H and O–H groups in total. The third-order valence-electron chi connectivity index (χ3n) is 2.33. The Morgan fingerprint density at radius 2 is 2.50 bits per heavy atom. The van der Waals surface area contributed by atoms with Crippen LogP contribution in [-0.2, 0) is 0 Å². The molecule has 1 fully saturated rings. The highest BCUT2D eigenvalue weighted by Crippen LogP contribution is 2.25. The monoisotopic (exact) mass is 182 g/mol. The van der Waals surface area contributed by atoms with Crippen LogP contribution in [0.2, 0.25) is 0 Å². The summed E-state index contributed by atoms with van der Waals surface area (Å²) < 4.78 is 0. The number of thiophene rings is 1. The lowest BCUT2D eigenvalue weighted by Crippen LogP contribution is -2.38. The Labute approximate surface area is 76.8 Å². The van der Waals surface area contributed by atoms with Crippen molar-refractivity contribution in [3.63, 3.8) is 0 Å². The van der Waals surface area contributed by atoms with Gasteiger partial charge in [-0.25, -0.2) is 0 Å². The molecule has 1 aromatic rings. The molecule has 2 nitrogen and oxygen atoms in total. The van der Waals surface area contributed by atoms with Crippen molar-refractivity contribution in [2.75, 3.05) is 6.54 Å². The minimum absolute atomic E-state index is 0.387. The molecule has 1 aliphatic heterocycles. The third kappa shape index (κ3) is 1.68. The minimum Gasteiger partial charge on any atom is -0.328 e. The molecule has 66 valence electrons. The average Bonchev–Trinajstić information content (AvgIpc) is 2.56. The van der Waals surface area contributed by atoms with E-state index in [1.54, 1.807) is 0 Å². The van der Waals surface area contributed by atoms with Crippen LogP contribution in [-0.4, -0.2) is 12.6 Å². The smallest absolute Gasteiger partial charge is 0.0429 e. The van der Waals surface area contributed by atoms with Crippen molar-refractivity contribution in [3.8, 4) is 0 Å². The first-order valence-electron chi connectivity index (χ1n) is 4.38. The molecular formula is C9H14N2S. The van der Waals surface area contributed by atoms with Crippen LogP contribution < -0.4 is 11.1 Å². The SMILES string of the molecule is N[C@@H]1CCN[C@H](c2cccs2)C1. The van der Waals surface area contributed by atoms with Gasteiger partial charge in [-0.2, -0.15) is 0 Å². The summed E-state index contributed by atoms with van der Waals surface area (Å²) in [5.41, 5.74) is 5.90. The van der Waals surface area contributed by atoms with Crippen molar-refractivity contribution >= 4 is 11.3 Å². The molecule has 1 aliphatic rings. The van der Waals surface area contributed by atoms with Crippen LogP contribution in [0, 0.1) is 0 Å². The fourth-order valence-corrected chi connectivity index (χ4v) is 2.47. The standard InChI is InChI=1S/C9H14N2S/c10-7-3-4-11-8(6-7)9-2-1-5-12-9/h1-2,5,7-8,11H,3-4,6,10H2/t7-,8+/m1/s1. The van der Waals surface area contributed by atoms with Gasteiger partial charge in [0.1, 0.15) is 0 Å². The maximum atomic E-state index is 5.90. The van der Waals surface area contributed by atoms with Gasteiger partial charge in [0, 0.05) is 17.0 Å². The highest BCUT2D eigenvalue weighted by Gasteiger charge is 2.20. The average molecular weight is 182 g/mol. The normalized spacial score (nSPS) is 30.4. The van der Waals surface area contributed by atoms with Crippen molar-refractivity contribution < 1.29 is 0 Å². The van der Waals surface area contributed by atoms with E-state index in [4.69, 9.17) is 5.73 Å². The summed E-state index contributed by atoms with van der Waals surface area (Å²) in [5, 5.41) is 5.60. The van der Waals surface area contributed by atoms with E-state index >= 15 is 0 Å². The van der Waals surface area contributed by atoms with Crippen LogP contribution in [0.1, 0.15) is 23.8 Å². The molecule has 1 aromatic heterocycles. The number of nitrogens with two attached hydrogens (primary N) is 1. The molecule has 0 radical (unpaired) electrons. The zero-order valence-corrected chi connectivity index (χ0v) is 7.81. The molecule has 2 rings (SSSR count). The van der Waals surface area contributed by atoms with E-state index in [2.05, 4.69) is 22.8 Å². The van der Waals surface area contributed by atoms with Crippen LogP contribution in [0.25, 0.3) is 0 Å². The Morgan fingerprint density at radius 1 is 1.58 bits per heavy atom. The Hall–Kier alpha value is -0.380. The van der Waals surface area contributed by atoms with Gasteiger partial charge >= 0.3 is 0 Å². The summed E-state index contributed by atoms with van der Waals surface area (Å²) in [6.07, 6.45) is 2.20. The fourth-order valence-electron chi connectivity index (χ4n) is 1.65. The number of hydrogen-bond acceptors (Lipinski definition) is 3. The third-order valence-corrected chi connectivity index (χ3v) is 3.32. The highest BCUT2D eigenvalue weighted by molar-refractivity contribution is 7.10. The number of nitrogens with one attached hydrogen (secondary N) is 1. The Bertz CT molecular complexity index is 233. The van der Waals surface area contributed by atoms with Crippen molar-refractivity contribution in [2.45, 2.75) is 24.9 Å². The van der Waals surface area contributed by atoms with Crippen molar-refractivity contribution in [1.82, 2.24) is 5.32 Å². The summed E-state index contributed by atoms with van der Waals surface area (Å²) in [5.74, 6) is 0. The minimum atomic E-state index is 0.387. The van der Waals surface area contributed by atoms with Gasteiger partial charge < -0.3 is 11.1 Å². The van der Waals surface area contributed by atoms with E-state index in [9.17, 15) is 0 Å². The Balaban J connectivity index is 2.04. The second-order valence-corrected chi connectivity index (χ2v) is 4.29. The highest BCUT2D eigenvalue weighted by atomic mass is 32.1. The summed E-state index contributed by atoms with van der Waals surface area (Å²) in [7, 11) is 0. The van der Waals surface area contributed by atoms with Gasteiger partial charge in [0.05, 0.1) is 0 Å². The van der Waals surface area contributed by atoms with Gasteiger partial charge in [0.2, 0.25) is 0 Å². The summed E-state index contributed by atoms with van der Waals surface area (Å²) in [6, 6.07) is 5.18. The lowest BCUT2D eigenvalue weighted by Gasteiger charge is -2.27. The van der Waals surface area contributed by atoms with Crippen LogP contribution >= 0.6 is 11.3 Å². The zero-order valence-electron chi connectivity index (χ0n) is 6.99. The molecule has 0 unspecified atom stereocenters. The maximum absolute atomic E-state index is 5.90. The van der Waals surface area contributed by atoms with Crippen LogP contribution in [0.3, 0.4) is 0 Å². The number of piperidine rings is 1. The lowest BCUT2D eigenvalue weighted by atomic mass is 9.99. The van der Waals surface area contributed by atoms with Crippen molar-refractivity contribution in [3.05, 3.63) is 22.4 Å². The van der Waals surface area contributed by atoms with Gasteiger partial charge in [-0.05, 0) is 30.8 Å². The van der Waals surface area contributed by atoms with Gasteiger partial charge in [-0.3, -0.25) is 0 Å². The molecular weight excluding hydrogens is 168 g/mol. The molecule has 0 bridgehead atoms. The first kappa shape index (κ1) is 8.23. The molecule has 0 aliphatic carbocycles. The van der Waals surface area contributed by atoms with E-state index < -0.39 is 0 Å². The molecule has 2 atom stereocenters. The quantitative estimate of drug-likeness (QED) is 0.690. The molecule has 0 saturated carbocycles. The second-order valence-electron chi connectivity index (χ2n) is 3.31. The second kappa shape index (κ2) is 3.56. The first-order valence-corrected chi connectivity index (χ1v) is 5.26. The molecule has 0 spiro atoms.